The number of nitrogens with zero attached hydrogens (tertiary/aromatic N) is 3. The number of hydrogen-bond acceptors (Lipinski definition) is 5. The second-order valence-corrected chi connectivity index (χ2v) is 8.83. The summed E-state index contributed by atoms with van der Waals surface area (Å²) in [5.74, 6) is 1.60. The van der Waals surface area contributed by atoms with Crippen LogP contribution in [0.5, 0.6) is 5.75 Å². The summed E-state index contributed by atoms with van der Waals surface area (Å²) in [4.78, 5) is 27.3. The highest BCUT2D eigenvalue weighted by molar-refractivity contribution is 5.79. The van der Waals surface area contributed by atoms with E-state index in [2.05, 4.69) is 34.4 Å². The van der Waals surface area contributed by atoms with Gasteiger partial charge < -0.3 is 15.0 Å². The van der Waals surface area contributed by atoms with Gasteiger partial charge in [-0.3, -0.25) is 9.59 Å². The third kappa shape index (κ3) is 5.84. The van der Waals surface area contributed by atoms with Crippen molar-refractivity contribution in [2.24, 2.45) is 5.92 Å². The number of carbonyl (C=O) groups is 1. The van der Waals surface area contributed by atoms with Crippen molar-refractivity contribution in [1.82, 2.24) is 15.1 Å². The third-order valence-corrected chi connectivity index (χ3v) is 6.39. The van der Waals surface area contributed by atoms with Crippen LogP contribution >= 0.6 is 0 Å². The average molecular weight is 461 g/mol. The molecular formula is C27H32N4O3. The van der Waals surface area contributed by atoms with Crippen LogP contribution in [-0.4, -0.2) is 41.9 Å². The van der Waals surface area contributed by atoms with E-state index in [1.807, 2.05) is 30.3 Å². The Labute approximate surface area is 200 Å². The second kappa shape index (κ2) is 11.0. The topological polar surface area (TPSA) is 76.5 Å². The Morgan fingerprint density at radius 2 is 1.76 bits per heavy atom. The molecule has 2 heterocycles. The Balaban J connectivity index is 1.31. The molecule has 1 fully saturated rings. The normalized spacial score (nSPS) is 15.1. The van der Waals surface area contributed by atoms with E-state index in [9.17, 15) is 9.59 Å². The summed E-state index contributed by atoms with van der Waals surface area (Å²) in [7, 11) is 1.61. The molecule has 1 amide bonds. The summed E-state index contributed by atoms with van der Waals surface area (Å²) in [6.45, 7) is 3.52. The molecule has 1 aliphatic rings. The number of aromatic nitrogens is 2. The van der Waals surface area contributed by atoms with E-state index < -0.39 is 0 Å². The first-order chi connectivity index (χ1) is 16.5. The van der Waals surface area contributed by atoms with Crippen LogP contribution in [0.15, 0.2) is 71.5 Å². The van der Waals surface area contributed by atoms with Crippen LogP contribution in [0.1, 0.15) is 31.7 Å². The molecule has 1 aliphatic heterocycles. The number of ether oxygens (including phenoxy) is 1. The number of nitrogens with one attached hydrogen (secondary N) is 1. The second-order valence-electron chi connectivity index (χ2n) is 8.83. The lowest BCUT2D eigenvalue weighted by Crippen LogP contribution is -2.43. The molecule has 34 heavy (non-hydrogen) atoms. The Bertz CT molecular complexity index is 1140. The third-order valence-electron chi connectivity index (χ3n) is 6.39. The molecule has 1 N–H and O–H groups in total. The van der Waals surface area contributed by atoms with E-state index in [0.29, 0.717) is 5.69 Å². The van der Waals surface area contributed by atoms with Gasteiger partial charge in [-0.05, 0) is 68.5 Å². The van der Waals surface area contributed by atoms with Crippen LogP contribution in [0.4, 0.5) is 5.82 Å². The van der Waals surface area contributed by atoms with Gasteiger partial charge in [0.2, 0.25) is 5.91 Å². The first-order valence-corrected chi connectivity index (χ1v) is 11.9. The fourth-order valence-electron chi connectivity index (χ4n) is 4.31. The minimum atomic E-state index is -0.187. The van der Waals surface area contributed by atoms with Gasteiger partial charge in [-0.25, -0.2) is 0 Å². The molecule has 7 heteroatoms. The number of amides is 1. The van der Waals surface area contributed by atoms with Crippen molar-refractivity contribution in [2.75, 3.05) is 25.1 Å². The number of piperidine rings is 1. The van der Waals surface area contributed by atoms with Crippen molar-refractivity contribution in [3.8, 4) is 11.4 Å². The molecule has 0 saturated carbocycles. The van der Waals surface area contributed by atoms with E-state index in [1.54, 1.807) is 31.4 Å². The molecule has 0 aliphatic carbocycles. The van der Waals surface area contributed by atoms with E-state index in [4.69, 9.17) is 4.74 Å². The van der Waals surface area contributed by atoms with Crippen molar-refractivity contribution in [2.45, 2.75) is 38.6 Å². The number of carbonyl (C=O) groups excluding carboxylic acids is 1. The zero-order valence-corrected chi connectivity index (χ0v) is 19.8. The van der Waals surface area contributed by atoms with Gasteiger partial charge in [-0.15, -0.1) is 5.10 Å². The molecule has 1 saturated heterocycles. The van der Waals surface area contributed by atoms with Gasteiger partial charge in [-0.1, -0.05) is 30.3 Å². The predicted octanol–water partition coefficient (Wildman–Crippen LogP) is 3.60. The maximum atomic E-state index is 12.8. The summed E-state index contributed by atoms with van der Waals surface area (Å²) in [5.41, 5.74) is 1.79. The number of anilines is 1. The first-order valence-electron chi connectivity index (χ1n) is 11.9. The standard InChI is InChI=1S/C27H32N4O3/c1-20(8-9-21-6-4-3-5-7-21)28-27(33)22-16-18-30(19-17-22)25-14-15-26(32)31(29-25)23-10-12-24(34-2)13-11-23/h3-7,10-15,20,22H,8-9,16-19H2,1-2H3,(H,28,33). The highest BCUT2D eigenvalue weighted by Crippen LogP contribution is 2.22. The number of rotatable bonds is 8. The SMILES string of the molecule is COc1ccc(-n2nc(N3CCC(C(=O)NC(C)CCc4ccccc4)CC3)ccc2=O)cc1. The van der Waals surface area contributed by atoms with E-state index in [1.165, 1.54) is 10.2 Å². The number of benzene rings is 2. The van der Waals surface area contributed by atoms with Crippen molar-refractivity contribution >= 4 is 11.7 Å². The molecule has 0 bridgehead atoms. The molecule has 1 unspecified atom stereocenters. The van der Waals surface area contributed by atoms with Crippen LogP contribution in [0.3, 0.4) is 0 Å². The highest BCUT2D eigenvalue weighted by Gasteiger charge is 2.26. The number of aryl methyl sites for hydroxylation is 1. The van der Waals surface area contributed by atoms with Gasteiger partial charge in [0, 0.05) is 31.1 Å². The fraction of sp³-hybridized carbons (Fsp3) is 0.370. The van der Waals surface area contributed by atoms with Gasteiger partial charge in [-0.2, -0.15) is 4.68 Å². The van der Waals surface area contributed by atoms with E-state index in [0.717, 1.165) is 50.3 Å². The molecule has 178 valence electrons. The summed E-state index contributed by atoms with van der Waals surface area (Å²) >= 11 is 0. The summed E-state index contributed by atoms with van der Waals surface area (Å²) in [6, 6.07) is 21.0. The molecule has 1 atom stereocenters. The van der Waals surface area contributed by atoms with Crippen molar-refractivity contribution < 1.29 is 9.53 Å². The van der Waals surface area contributed by atoms with Crippen molar-refractivity contribution in [3.63, 3.8) is 0 Å². The summed E-state index contributed by atoms with van der Waals surface area (Å²) in [6.07, 6.45) is 3.41. The molecule has 2 aromatic carbocycles. The molecule has 0 radical (unpaired) electrons. The smallest absolute Gasteiger partial charge is 0.271 e. The lowest BCUT2D eigenvalue weighted by Gasteiger charge is -2.32. The molecule has 3 aromatic rings. The molecule has 4 rings (SSSR count). The van der Waals surface area contributed by atoms with Gasteiger partial charge in [0.1, 0.15) is 11.6 Å². The van der Waals surface area contributed by atoms with Crippen LogP contribution in [-0.2, 0) is 11.2 Å². The van der Waals surface area contributed by atoms with Gasteiger partial charge in [0.25, 0.3) is 5.56 Å². The molecule has 1 aromatic heterocycles. The Morgan fingerprint density at radius 1 is 1.06 bits per heavy atom. The maximum Gasteiger partial charge on any atom is 0.271 e. The van der Waals surface area contributed by atoms with Gasteiger partial charge in [0.05, 0.1) is 12.8 Å². The first kappa shape index (κ1) is 23.5. The number of hydrogen-bond donors (Lipinski definition) is 1. The van der Waals surface area contributed by atoms with E-state index in [-0.39, 0.29) is 23.4 Å². The van der Waals surface area contributed by atoms with Crippen LogP contribution in [0.2, 0.25) is 0 Å². The average Bonchev–Trinajstić information content (AvgIpc) is 2.88. The maximum absolute atomic E-state index is 12.8. The summed E-state index contributed by atoms with van der Waals surface area (Å²) in [5, 5.41) is 7.77. The zero-order valence-electron chi connectivity index (χ0n) is 19.8. The fourth-order valence-corrected chi connectivity index (χ4v) is 4.31. The van der Waals surface area contributed by atoms with E-state index >= 15 is 0 Å². The lowest BCUT2D eigenvalue weighted by molar-refractivity contribution is -0.126. The van der Waals surface area contributed by atoms with Crippen molar-refractivity contribution in [3.05, 3.63) is 82.6 Å². The zero-order chi connectivity index (χ0) is 23.9. The lowest BCUT2D eigenvalue weighted by atomic mass is 9.95. The Morgan fingerprint density at radius 3 is 2.44 bits per heavy atom. The van der Waals surface area contributed by atoms with Crippen molar-refractivity contribution in [1.29, 1.82) is 0 Å². The highest BCUT2D eigenvalue weighted by atomic mass is 16.5. The quantitative estimate of drug-likeness (QED) is 0.556. The minimum Gasteiger partial charge on any atom is -0.497 e. The monoisotopic (exact) mass is 460 g/mol. The minimum absolute atomic E-state index is 0.00270. The van der Waals surface area contributed by atoms with Gasteiger partial charge in [0.15, 0.2) is 0 Å². The summed E-state index contributed by atoms with van der Waals surface area (Å²) < 4.78 is 6.60. The Hall–Kier alpha value is -3.61. The molecule has 7 nitrogen and oxygen atoms in total. The Kier molecular flexibility index (Phi) is 7.62. The molecule has 0 spiro atoms. The predicted molar refractivity (Wildman–Crippen MR) is 134 cm³/mol. The van der Waals surface area contributed by atoms with Crippen LogP contribution < -0.4 is 20.5 Å². The van der Waals surface area contributed by atoms with Crippen LogP contribution in [0, 0.1) is 5.92 Å². The largest absolute Gasteiger partial charge is 0.497 e. The number of methoxy groups -OCH3 is 1. The molecular weight excluding hydrogens is 428 g/mol. The van der Waals surface area contributed by atoms with Crippen LogP contribution in [0.25, 0.3) is 5.69 Å². The van der Waals surface area contributed by atoms with Gasteiger partial charge >= 0.3 is 0 Å².